The monoisotopic (exact) mass is 271 g/mol. The summed E-state index contributed by atoms with van der Waals surface area (Å²) < 4.78 is 1.68. The van der Waals surface area contributed by atoms with Gasteiger partial charge in [0.25, 0.3) is 5.56 Å². The van der Waals surface area contributed by atoms with E-state index in [4.69, 9.17) is 0 Å². The Labute approximate surface area is 114 Å². The van der Waals surface area contributed by atoms with Gasteiger partial charge in [-0.2, -0.15) is 0 Å². The maximum atomic E-state index is 12.4. The van der Waals surface area contributed by atoms with Crippen molar-refractivity contribution in [3.05, 3.63) is 57.4 Å². The predicted molar refractivity (Wildman–Crippen MR) is 76.5 cm³/mol. The van der Waals surface area contributed by atoms with E-state index in [9.17, 15) is 4.79 Å². The van der Waals surface area contributed by atoms with Crippen molar-refractivity contribution in [1.82, 2.24) is 14.5 Å². The minimum absolute atomic E-state index is 0.0258. The summed E-state index contributed by atoms with van der Waals surface area (Å²) in [6.07, 6.45) is 4.08. The number of fused-ring (bicyclic) bond motifs is 1. The van der Waals surface area contributed by atoms with Crippen LogP contribution in [0.15, 0.2) is 47.0 Å². The molecule has 3 heterocycles. The number of aromatic nitrogens is 3. The molecule has 4 nitrogen and oxygen atoms in total. The van der Waals surface area contributed by atoms with Crippen molar-refractivity contribution < 1.29 is 0 Å². The van der Waals surface area contributed by atoms with Crippen LogP contribution in [0.25, 0.3) is 11.0 Å². The van der Waals surface area contributed by atoms with Crippen LogP contribution < -0.4 is 5.56 Å². The van der Waals surface area contributed by atoms with Gasteiger partial charge in [-0.25, -0.2) is 9.97 Å². The SMILES string of the molecule is C[C@@H](Cc1cccs1)n1cnc2ncccc2c1=O. The van der Waals surface area contributed by atoms with Crippen molar-refractivity contribution in [3.63, 3.8) is 0 Å². The number of thiophene rings is 1. The van der Waals surface area contributed by atoms with Crippen molar-refractivity contribution in [2.45, 2.75) is 19.4 Å². The highest BCUT2D eigenvalue weighted by atomic mass is 32.1. The van der Waals surface area contributed by atoms with Crippen LogP contribution in [0.1, 0.15) is 17.8 Å². The third-order valence-corrected chi connectivity index (χ3v) is 4.01. The Morgan fingerprint density at radius 3 is 3.00 bits per heavy atom. The zero-order valence-electron chi connectivity index (χ0n) is 10.5. The fourth-order valence-corrected chi connectivity index (χ4v) is 2.93. The molecule has 5 heteroatoms. The molecule has 0 spiro atoms. The fourth-order valence-electron chi connectivity index (χ4n) is 2.11. The molecule has 0 saturated heterocycles. The van der Waals surface area contributed by atoms with Gasteiger partial charge in [0, 0.05) is 23.5 Å². The zero-order chi connectivity index (χ0) is 13.2. The molecule has 0 aliphatic carbocycles. The second-order valence-corrected chi connectivity index (χ2v) is 5.50. The lowest BCUT2D eigenvalue weighted by Crippen LogP contribution is -2.25. The van der Waals surface area contributed by atoms with Crippen molar-refractivity contribution >= 4 is 22.4 Å². The van der Waals surface area contributed by atoms with Gasteiger partial charge < -0.3 is 0 Å². The van der Waals surface area contributed by atoms with Crippen LogP contribution in [0.2, 0.25) is 0 Å². The van der Waals surface area contributed by atoms with E-state index in [1.54, 1.807) is 40.6 Å². The van der Waals surface area contributed by atoms with Gasteiger partial charge in [-0.05, 0) is 30.5 Å². The first-order valence-electron chi connectivity index (χ1n) is 6.10. The molecule has 0 saturated carbocycles. The van der Waals surface area contributed by atoms with Crippen LogP contribution in [0.4, 0.5) is 0 Å². The van der Waals surface area contributed by atoms with Crippen molar-refractivity contribution in [1.29, 1.82) is 0 Å². The number of pyridine rings is 1. The summed E-state index contributed by atoms with van der Waals surface area (Å²) in [6.45, 7) is 2.03. The number of hydrogen-bond acceptors (Lipinski definition) is 4. The number of rotatable bonds is 3. The van der Waals surface area contributed by atoms with E-state index in [1.165, 1.54) is 4.88 Å². The average molecular weight is 271 g/mol. The summed E-state index contributed by atoms with van der Waals surface area (Å²) in [7, 11) is 0. The molecule has 3 aromatic rings. The summed E-state index contributed by atoms with van der Waals surface area (Å²) >= 11 is 1.71. The van der Waals surface area contributed by atoms with Gasteiger partial charge in [0.2, 0.25) is 0 Å². The molecule has 0 radical (unpaired) electrons. The summed E-state index contributed by atoms with van der Waals surface area (Å²) in [5, 5.41) is 2.62. The largest absolute Gasteiger partial charge is 0.295 e. The summed E-state index contributed by atoms with van der Waals surface area (Å²) in [4.78, 5) is 22.0. The van der Waals surface area contributed by atoms with E-state index >= 15 is 0 Å². The molecular weight excluding hydrogens is 258 g/mol. The van der Waals surface area contributed by atoms with E-state index in [-0.39, 0.29) is 11.6 Å². The number of nitrogens with zero attached hydrogens (tertiary/aromatic N) is 3. The maximum absolute atomic E-state index is 12.4. The molecule has 0 amide bonds. The lowest BCUT2D eigenvalue weighted by Gasteiger charge is -2.14. The lowest BCUT2D eigenvalue weighted by molar-refractivity contribution is 0.526. The van der Waals surface area contributed by atoms with Crippen LogP contribution in [0.3, 0.4) is 0 Å². The van der Waals surface area contributed by atoms with Gasteiger partial charge in [0.15, 0.2) is 5.65 Å². The Kier molecular flexibility index (Phi) is 3.13. The topological polar surface area (TPSA) is 47.8 Å². The average Bonchev–Trinajstić information content (AvgIpc) is 2.92. The number of hydrogen-bond donors (Lipinski definition) is 0. The van der Waals surface area contributed by atoms with Gasteiger partial charge >= 0.3 is 0 Å². The molecule has 0 bridgehead atoms. The lowest BCUT2D eigenvalue weighted by atomic mass is 10.2. The first-order valence-corrected chi connectivity index (χ1v) is 6.98. The highest BCUT2D eigenvalue weighted by Gasteiger charge is 2.11. The van der Waals surface area contributed by atoms with Crippen molar-refractivity contribution in [2.75, 3.05) is 0 Å². The van der Waals surface area contributed by atoms with Gasteiger partial charge in [0.1, 0.15) is 6.33 Å². The summed E-state index contributed by atoms with van der Waals surface area (Å²) in [5.41, 5.74) is 0.481. The maximum Gasteiger partial charge on any atom is 0.263 e. The highest BCUT2D eigenvalue weighted by molar-refractivity contribution is 7.09. The third kappa shape index (κ3) is 2.29. The van der Waals surface area contributed by atoms with E-state index in [1.807, 2.05) is 18.4 Å². The molecule has 0 aliphatic rings. The Morgan fingerprint density at radius 2 is 2.21 bits per heavy atom. The Morgan fingerprint density at radius 1 is 1.32 bits per heavy atom. The second-order valence-electron chi connectivity index (χ2n) is 4.46. The molecule has 0 unspecified atom stereocenters. The van der Waals surface area contributed by atoms with Gasteiger partial charge in [-0.1, -0.05) is 6.07 Å². The van der Waals surface area contributed by atoms with Gasteiger partial charge in [-0.15, -0.1) is 11.3 Å². The fraction of sp³-hybridized carbons (Fsp3) is 0.214. The standard InChI is InChI=1S/C14H13N3OS/c1-10(8-11-4-3-7-19-11)17-9-16-13-12(14(17)18)5-2-6-15-13/h2-7,9-10H,8H2,1H3/t10-/m0/s1. The Hall–Kier alpha value is -2.01. The summed E-state index contributed by atoms with van der Waals surface area (Å²) in [5.74, 6) is 0. The van der Waals surface area contributed by atoms with E-state index in [0.29, 0.717) is 11.0 Å². The Bertz CT molecular complexity index is 749. The van der Waals surface area contributed by atoms with Crippen LogP contribution in [-0.4, -0.2) is 14.5 Å². The Balaban J connectivity index is 2.01. The normalized spacial score (nSPS) is 12.7. The quantitative estimate of drug-likeness (QED) is 0.735. The van der Waals surface area contributed by atoms with Crippen molar-refractivity contribution in [2.24, 2.45) is 0 Å². The van der Waals surface area contributed by atoms with Crippen molar-refractivity contribution in [3.8, 4) is 0 Å². The van der Waals surface area contributed by atoms with E-state index in [2.05, 4.69) is 16.0 Å². The zero-order valence-corrected chi connectivity index (χ0v) is 11.3. The van der Waals surface area contributed by atoms with Crippen LogP contribution in [-0.2, 0) is 6.42 Å². The van der Waals surface area contributed by atoms with Crippen LogP contribution in [0.5, 0.6) is 0 Å². The summed E-state index contributed by atoms with van der Waals surface area (Å²) in [6, 6.07) is 7.73. The highest BCUT2D eigenvalue weighted by Crippen LogP contribution is 2.17. The molecule has 96 valence electrons. The minimum atomic E-state index is -0.0258. The first kappa shape index (κ1) is 12.0. The van der Waals surface area contributed by atoms with Crippen LogP contribution >= 0.6 is 11.3 Å². The van der Waals surface area contributed by atoms with E-state index < -0.39 is 0 Å². The smallest absolute Gasteiger partial charge is 0.263 e. The van der Waals surface area contributed by atoms with E-state index in [0.717, 1.165) is 6.42 Å². The van der Waals surface area contributed by atoms with Gasteiger partial charge in [-0.3, -0.25) is 9.36 Å². The molecule has 0 fully saturated rings. The molecule has 0 N–H and O–H groups in total. The second kappa shape index (κ2) is 4.93. The molecule has 0 aliphatic heterocycles. The predicted octanol–water partition coefficient (Wildman–Crippen LogP) is 2.66. The minimum Gasteiger partial charge on any atom is -0.295 e. The molecule has 1 atom stereocenters. The van der Waals surface area contributed by atoms with Gasteiger partial charge in [0.05, 0.1) is 5.39 Å². The molecule has 3 rings (SSSR count). The first-order chi connectivity index (χ1) is 9.25. The molecule has 3 aromatic heterocycles. The van der Waals surface area contributed by atoms with Crippen LogP contribution in [0, 0.1) is 0 Å². The molecule has 19 heavy (non-hydrogen) atoms. The molecular formula is C14H13N3OS. The third-order valence-electron chi connectivity index (χ3n) is 3.11. The molecule has 0 aromatic carbocycles.